The van der Waals surface area contributed by atoms with Gasteiger partial charge in [-0.2, -0.15) is 0 Å². The Labute approximate surface area is 117 Å². The number of para-hydroxylation sites is 1. The van der Waals surface area contributed by atoms with Gasteiger partial charge in [0.05, 0.1) is 19.8 Å². The molecule has 0 saturated carbocycles. The number of nitrogens with two attached hydrogens (primary N) is 1. The Morgan fingerprint density at radius 1 is 1.20 bits per heavy atom. The average Bonchev–Trinajstić information content (AvgIpc) is 2.94. The topological polar surface area (TPSA) is 88.1 Å². The van der Waals surface area contributed by atoms with E-state index in [9.17, 15) is 0 Å². The molecule has 7 heteroatoms. The van der Waals surface area contributed by atoms with Gasteiger partial charge in [0.25, 0.3) is 0 Å². The van der Waals surface area contributed by atoms with Crippen molar-refractivity contribution in [1.82, 2.24) is 20.2 Å². The molecular weight excluding hydrogens is 258 g/mol. The van der Waals surface area contributed by atoms with Gasteiger partial charge in [-0.25, -0.2) is 4.68 Å². The molecule has 2 rings (SSSR count). The van der Waals surface area contributed by atoms with Gasteiger partial charge in [0.15, 0.2) is 17.3 Å². The smallest absolute Gasteiger partial charge is 0.185 e. The van der Waals surface area contributed by atoms with Crippen LogP contribution in [-0.2, 0) is 6.54 Å². The van der Waals surface area contributed by atoms with Gasteiger partial charge in [0, 0.05) is 6.54 Å². The van der Waals surface area contributed by atoms with E-state index in [4.69, 9.17) is 15.2 Å². The fourth-order valence-corrected chi connectivity index (χ4v) is 2.02. The fourth-order valence-electron chi connectivity index (χ4n) is 2.02. The lowest BCUT2D eigenvalue weighted by atomic mass is 10.1. The molecule has 108 valence electrons. The molecule has 0 aliphatic carbocycles. The standard InChI is InChI=1S/C13H19N5O2/c1-19-11-7-5-6-10(12(11)20-2)13-15-16-17-18(13)9-4-3-8-14/h5-7H,3-4,8-9,14H2,1-2H3. The van der Waals surface area contributed by atoms with Crippen molar-refractivity contribution in [3.8, 4) is 22.9 Å². The van der Waals surface area contributed by atoms with Crippen molar-refractivity contribution in [2.75, 3.05) is 20.8 Å². The molecule has 0 saturated heterocycles. The number of rotatable bonds is 7. The summed E-state index contributed by atoms with van der Waals surface area (Å²) in [6, 6.07) is 5.63. The van der Waals surface area contributed by atoms with Crippen LogP contribution in [0, 0.1) is 0 Å². The van der Waals surface area contributed by atoms with Crippen LogP contribution < -0.4 is 15.2 Å². The minimum Gasteiger partial charge on any atom is -0.493 e. The highest BCUT2D eigenvalue weighted by atomic mass is 16.5. The Balaban J connectivity index is 2.34. The summed E-state index contributed by atoms with van der Waals surface area (Å²) < 4.78 is 12.5. The van der Waals surface area contributed by atoms with E-state index in [-0.39, 0.29) is 0 Å². The van der Waals surface area contributed by atoms with E-state index in [1.54, 1.807) is 18.9 Å². The quantitative estimate of drug-likeness (QED) is 0.762. The number of aromatic nitrogens is 4. The number of methoxy groups -OCH3 is 2. The maximum Gasteiger partial charge on any atom is 0.185 e. The van der Waals surface area contributed by atoms with Gasteiger partial charge in [-0.3, -0.25) is 0 Å². The van der Waals surface area contributed by atoms with Crippen molar-refractivity contribution in [2.24, 2.45) is 5.73 Å². The summed E-state index contributed by atoms with van der Waals surface area (Å²) in [6.45, 7) is 1.39. The minimum absolute atomic E-state index is 0.630. The zero-order valence-electron chi connectivity index (χ0n) is 11.7. The first-order valence-electron chi connectivity index (χ1n) is 6.49. The van der Waals surface area contributed by atoms with Crippen molar-refractivity contribution in [3.63, 3.8) is 0 Å². The molecule has 1 aromatic carbocycles. The Bertz CT molecular complexity index is 555. The van der Waals surface area contributed by atoms with Gasteiger partial charge in [-0.1, -0.05) is 6.07 Å². The molecule has 0 aliphatic heterocycles. The zero-order chi connectivity index (χ0) is 14.4. The first-order valence-corrected chi connectivity index (χ1v) is 6.49. The molecule has 1 aromatic heterocycles. The van der Waals surface area contributed by atoms with Gasteiger partial charge in [-0.15, -0.1) is 5.10 Å². The number of ether oxygens (including phenoxy) is 2. The van der Waals surface area contributed by atoms with Gasteiger partial charge >= 0.3 is 0 Å². The summed E-state index contributed by atoms with van der Waals surface area (Å²) in [5, 5.41) is 11.8. The third kappa shape index (κ3) is 2.88. The lowest BCUT2D eigenvalue weighted by molar-refractivity contribution is 0.355. The van der Waals surface area contributed by atoms with Gasteiger partial charge in [-0.05, 0) is 41.9 Å². The Hall–Kier alpha value is -2.15. The summed E-state index contributed by atoms with van der Waals surface area (Å²) in [5.41, 5.74) is 6.31. The van der Waals surface area contributed by atoms with Crippen LogP contribution in [-0.4, -0.2) is 41.0 Å². The Morgan fingerprint density at radius 2 is 2.05 bits per heavy atom. The van der Waals surface area contributed by atoms with Crippen LogP contribution >= 0.6 is 0 Å². The second kappa shape index (κ2) is 6.85. The van der Waals surface area contributed by atoms with Crippen molar-refractivity contribution >= 4 is 0 Å². The summed E-state index contributed by atoms with van der Waals surface area (Å²) >= 11 is 0. The second-order valence-electron chi connectivity index (χ2n) is 4.26. The molecule has 0 amide bonds. The number of hydrogen-bond acceptors (Lipinski definition) is 6. The van der Waals surface area contributed by atoms with E-state index in [1.807, 2.05) is 18.2 Å². The van der Waals surface area contributed by atoms with Gasteiger partial charge in [0.1, 0.15) is 0 Å². The Morgan fingerprint density at radius 3 is 2.75 bits per heavy atom. The van der Waals surface area contributed by atoms with E-state index in [0.29, 0.717) is 23.9 Å². The minimum atomic E-state index is 0.630. The molecule has 0 unspecified atom stereocenters. The molecule has 0 spiro atoms. The third-order valence-corrected chi connectivity index (χ3v) is 3.00. The van der Waals surface area contributed by atoms with E-state index in [2.05, 4.69) is 15.5 Å². The van der Waals surface area contributed by atoms with Crippen LogP contribution in [0.15, 0.2) is 18.2 Å². The van der Waals surface area contributed by atoms with E-state index in [1.165, 1.54) is 0 Å². The van der Waals surface area contributed by atoms with Gasteiger partial charge in [0.2, 0.25) is 0 Å². The van der Waals surface area contributed by atoms with E-state index >= 15 is 0 Å². The zero-order valence-corrected chi connectivity index (χ0v) is 11.7. The van der Waals surface area contributed by atoms with Crippen molar-refractivity contribution < 1.29 is 9.47 Å². The number of aryl methyl sites for hydroxylation is 1. The summed E-state index contributed by atoms with van der Waals surface area (Å²) in [7, 11) is 3.20. The molecule has 20 heavy (non-hydrogen) atoms. The van der Waals surface area contributed by atoms with Crippen LogP contribution in [0.2, 0.25) is 0 Å². The molecule has 0 atom stereocenters. The number of benzene rings is 1. The van der Waals surface area contributed by atoms with Gasteiger partial charge < -0.3 is 15.2 Å². The third-order valence-electron chi connectivity index (χ3n) is 3.00. The van der Waals surface area contributed by atoms with E-state index in [0.717, 1.165) is 24.9 Å². The molecule has 0 fully saturated rings. The maximum absolute atomic E-state index is 5.50. The summed E-state index contributed by atoms with van der Waals surface area (Å²) in [5.74, 6) is 1.95. The first-order chi connectivity index (χ1) is 9.81. The molecule has 0 aliphatic rings. The van der Waals surface area contributed by atoms with E-state index < -0.39 is 0 Å². The predicted octanol–water partition coefficient (Wildman–Crippen LogP) is 1.10. The maximum atomic E-state index is 5.50. The fraction of sp³-hybridized carbons (Fsp3) is 0.462. The van der Waals surface area contributed by atoms with Crippen LogP contribution in [0.1, 0.15) is 12.8 Å². The van der Waals surface area contributed by atoms with Crippen molar-refractivity contribution in [3.05, 3.63) is 18.2 Å². The number of hydrogen-bond donors (Lipinski definition) is 1. The molecule has 0 bridgehead atoms. The summed E-state index contributed by atoms with van der Waals surface area (Å²) in [6.07, 6.45) is 1.87. The monoisotopic (exact) mass is 277 g/mol. The normalized spacial score (nSPS) is 10.6. The predicted molar refractivity (Wildman–Crippen MR) is 74.6 cm³/mol. The van der Waals surface area contributed by atoms with Crippen LogP contribution in [0.25, 0.3) is 11.4 Å². The number of nitrogens with zero attached hydrogens (tertiary/aromatic N) is 4. The molecule has 0 radical (unpaired) electrons. The summed E-state index contributed by atoms with van der Waals surface area (Å²) in [4.78, 5) is 0. The molecule has 2 aromatic rings. The average molecular weight is 277 g/mol. The lowest BCUT2D eigenvalue weighted by Crippen LogP contribution is -2.07. The SMILES string of the molecule is COc1cccc(-c2nnnn2CCCCN)c1OC. The second-order valence-corrected chi connectivity index (χ2v) is 4.26. The largest absolute Gasteiger partial charge is 0.493 e. The molecule has 7 nitrogen and oxygen atoms in total. The van der Waals surface area contributed by atoms with Crippen LogP contribution in [0.5, 0.6) is 11.5 Å². The van der Waals surface area contributed by atoms with Crippen molar-refractivity contribution in [1.29, 1.82) is 0 Å². The van der Waals surface area contributed by atoms with Crippen molar-refractivity contribution in [2.45, 2.75) is 19.4 Å². The van der Waals surface area contributed by atoms with Crippen LogP contribution in [0.3, 0.4) is 0 Å². The highest BCUT2D eigenvalue weighted by Gasteiger charge is 2.17. The molecule has 2 N–H and O–H groups in total. The molecule has 1 heterocycles. The number of tetrazole rings is 1. The lowest BCUT2D eigenvalue weighted by Gasteiger charge is -2.12. The Kier molecular flexibility index (Phi) is 4.89. The van der Waals surface area contributed by atoms with Crippen LogP contribution in [0.4, 0.5) is 0 Å². The molecular formula is C13H19N5O2. The number of unbranched alkanes of at least 4 members (excludes halogenated alkanes) is 1. The highest BCUT2D eigenvalue weighted by molar-refractivity contribution is 5.68. The first kappa shape index (κ1) is 14.3. The highest BCUT2D eigenvalue weighted by Crippen LogP contribution is 2.36.